The second-order valence-corrected chi connectivity index (χ2v) is 11.0. The molecule has 2 fully saturated rings. The number of H-pyrrole nitrogens is 1. The van der Waals surface area contributed by atoms with Gasteiger partial charge >= 0.3 is 10.8 Å². The van der Waals surface area contributed by atoms with Crippen molar-refractivity contribution in [3.05, 3.63) is 43.3 Å². The Balaban J connectivity index is 1.53. The number of aromatic amines is 1. The monoisotopic (exact) mass is 553 g/mol. The van der Waals surface area contributed by atoms with E-state index in [9.17, 15) is 29.1 Å². The zero-order valence-electron chi connectivity index (χ0n) is 18.6. The lowest BCUT2D eigenvalue weighted by atomic mass is 9.82. The van der Waals surface area contributed by atoms with Gasteiger partial charge in [-0.3, -0.25) is 28.9 Å². The standard InChI is InChI=1S/C22H20ClN3O8S2/c23-10-1-2-12(34-9-13(27)25-3-5-33-6-4-25)11(7-10)15-16-18(35-19-17(15)36-22(32)24-19)21(31)26(20(16)30)8-14(28)29/h1-2,7,15-16,18H,3-6,8-9H2,(H,24,32)(H,28,29)/t15-,16?,18?/m1/s1. The highest BCUT2D eigenvalue weighted by molar-refractivity contribution is 8.00. The maximum absolute atomic E-state index is 13.4. The summed E-state index contributed by atoms with van der Waals surface area (Å²) in [6.07, 6.45) is 0. The molecule has 1 aromatic heterocycles. The van der Waals surface area contributed by atoms with Crippen LogP contribution in [0.25, 0.3) is 0 Å². The van der Waals surface area contributed by atoms with Gasteiger partial charge in [-0.25, -0.2) is 0 Å². The highest BCUT2D eigenvalue weighted by Gasteiger charge is 2.56. The fraction of sp³-hybridized carbons (Fsp3) is 0.409. The molecule has 3 aliphatic heterocycles. The fourth-order valence-electron chi connectivity index (χ4n) is 4.64. The second kappa shape index (κ2) is 9.88. The summed E-state index contributed by atoms with van der Waals surface area (Å²) in [6.45, 7) is 0.775. The number of likely N-dealkylation sites (tertiary alicyclic amines) is 1. The number of halogens is 1. The minimum atomic E-state index is -1.31. The molecule has 2 N–H and O–H groups in total. The number of aliphatic carboxylic acids is 1. The molecule has 2 aromatic rings. The van der Waals surface area contributed by atoms with Crippen LogP contribution in [-0.4, -0.2) is 88.3 Å². The van der Waals surface area contributed by atoms with Crippen LogP contribution in [0.5, 0.6) is 5.75 Å². The van der Waals surface area contributed by atoms with Gasteiger partial charge in [0.15, 0.2) is 6.61 Å². The quantitative estimate of drug-likeness (QED) is 0.500. The van der Waals surface area contributed by atoms with Crippen molar-refractivity contribution in [2.75, 3.05) is 39.5 Å². The number of carboxylic acid groups (broad SMARTS) is 1. The third-order valence-corrected chi connectivity index (χ3v) is 8.87. The molecule has 14 heteroatoms. The molecule has 190 valence electrons. The van der Waals surface area contributed by atoms with Gasteiger partial charge in [0.1, 0.15) is 17.5 Å². The van der Waals surface area contributed by atoms with Crippen LogP contribution < -0.4 is 9.61 Å². The van der Waals surface area contributed by atoms with Crippen molar-refractivity contribution >= 4 is 58.4 Å². The number of carboxylic acids is 1. The van der Waals surface area contributed by atoms with Crippen LogP contribution in [-0.2, 0) is 23.9 Å². The smallest absolute Gasteiger partial charge is 0.323 e. The minimum Gasteiger partial charge on any atom is -0.483 e. The van der Waals surface area contributed by atoms with Gasteiger partial charge < -0.3 is 24.5 Å². The summed E-state index contributed by atoms with van der Waals surface area (Å²) in [5.74, 6) is -4.33. The molecule has 1 aromatic carbocycles. The van der Waals surface area contributed by atoms with Crippen molar-refractivity contribution in [3.63, 3.8) is 0 Å². The van der Waals surface area contributed by atoms with Crippen LogP contribution in [0.1, 0.15) is 16.4 Å². The van der Waals surface area contributed by atoms with Crippen LogP contribution in [0.3, 0.4) is 0 Å². The molecular weight excluding hydrogens is 534 g/mol. The Morgan fingerprint density at radius 2 is 1.94 bits per heavy atom. The van der Waals surface area contributed by atoms with Crippen LogP contribution in [0.4, 0.5) is 0 Å². The zero-order chi connectivity index (χ0) is 25.6. The van der Waals surface area contributed by atoms with E-state index in [0.717, 1.165) is 28.0 Å². The molecule has 0 bridgehead atoms. The lowest BCUT2D eigenvalue weighted by molar-refractivity contribution is -0.149. The average Bonchev–Trinajstić information content (AvgIpc) is 3.34. The normalized spacial score (nSPS) is 23.4. The minimum absolute atomic E-state index is 0.233. The van der Waals surface area contributed by atoms with E-state index in [2.05, 4.69) is 4.98 Å². The predicted molar refractivity (Wildman–Crippen MR) is 129 cm³/mol. The molecule has 5 rings (SSSR count). The summed E-state index contributed by atoms with van der Waals surface area (Å²) < 4.78 is 11.2. The Labute approximate surface area is 217 Å². The Kier molecular flexibility index (Phi) is 6.81. The number of thiazole rings is 1. The molecule has 0 saturated carbocycles. The summed E-state index contributed by atoms with van der Waals surface area (Å²) in [5, 5.41) is 9.06. The largest absolute Gasteiger partial charge is 0.483 e. The average molecular weight is 554 g/mol. The van der Waals surface area contributed by atoms with E-state index in [1.165, 1.54) is 0 Å². The van der Waals surface area contributed by atoms with Crippen LogP contribution >= 0.6 is 34.7 Å². The second-order valence-electron chi connectivity index (χ2n) is 8.37. The number of rotatable bonds is 6. The van der Waals surface area contributed by atoms with Crippen LogP contribution in [0.15, 0.2) is 28.0 Å². The lowest BCUT2D eigenvalue weighted by Crippen LogP contribution is -2.43. The number of ether oxygens (including phenoxy) is 2. The van der Waals surface area contributed by atoms with Gasteiger partial charge in [0.05, 0.1) is 24.2 Å². The summed E-state index contributed by atoms with van der Waals surface area (Å²) in [7, 11) is 0. The number of nitrogens with zero attached hydrogens (tertiary/aromatic N) is 2. The van der Waals surface area contributed by atoms with Gasteiger partial charge in [-0.2, -0.15) is 0 Å². The van der Waals surface area contributed by atoms with E-state index in [1.807, 2.05) is 0 Å². The van der Waals surface area contributed by atoms with E-state index in [4.69, 9.17) is 21.1 Å². The molecule has 2 unspecified atom stereocenters. The molecule has 4 heterocycles. The predicted octanol–water partition coefficient (Wildman–Crippen LogP) is 1.00. The molecule has 36 heavy (non-hydrogen) atoms. The number of thioether (sulfide) groups is 1. The Bertz CT molecular complexity index is 1300. The van der Waals surface area contributed by atoms with Gasteiger partial charge in [-0.1, -0.05) is 34.7 Å². The highest BCUT2D eigenvalue weighted by atomic mass is 35.5. The number of hydrogen-bond donors (Lipinski definition) is 2. The Morgan fingerprint density at radius 1 is 1.19 bits per heavy atom. The van der Waals surface area contributed by atoms with Gasteiger partial charge in [0.2, 0.25) is 11.8 Å². The number of hydrogen-bond acceptors (Lipinski definition) is 9. The van der Waals surface area contributed by atoms with Gasteiger partial charge in [0.25, 0.3) is 5.91 Å². The first-order chi connectivity index (χ1) is 17.2. The SMILES string of the molecule is O=C(O)CN1C(=O)C2Sc3[nH]c(=O)sc3[C@H](c3cc(Cl)ccc3OCC(=O)N3CCOCC3)C2C1=O. The van der Waals surface area contributed by atoms with Crippen molar-refractivity contribution in [1.82, 2.24) is 14.8 Å². The maximum Gasteiger partial charge on any atom is 0.323 e. The van der Waals surface area contributed by atoms with Crippen molar-refractivity contribution in [1.29, 1.82) is 0 Å². The summed E-state index contributed by atoms with van der Waals surface area (Å²) >= 11 is 8.25. The first-order valence-electron chi connectivity index (χ1n) is 11.0. The van der Waals surface area contributed by atoms with E-state index in [1.54, 1.807) is 23.1 Å². The number of amides is 3. The van der Waals surface area contributed by atoms with E-state index < -0.39 is 41.4 Å². The molecule has 0 radical (unpaired) electrons. The van der Waals surface area contributed by atoms with Crippen LogP contribution in [0, 0.1) is 5.92 Å². The van der Waals surface area contributed by atoms with Gasteiger partial charge in [0, 0.05) is 34.5 Å². The number of morpholine rings is 1. The highest BCUT2D eigenvalue weighted by Crippen LogP contribution is 2.54. The molecule has 0 aliphatic carbocycles. The molecule has 11 nitrogen and oxygen atoms in total. The third-order valence-electron chi connectivity index (χ3n) is 6.23. The summed E-state index contributed by atoms with van der Waals surface area (Å²) in [6, 6.07) is 4.74. The number of imide groups is 1. The van der Waals surface area contributed by atoms with Gasteiger partial charge in [-0.05, 0) is 18.2 Å². The summed E-state index contributed by atoms with van der Waals surface area (Å²) in [5.41, 5.74) is 0.433. The van der Waals surface area contributed by atoms with Crippen LogP contribution in [0.2, 0.25) is 5.02 Å². The number of benzene rings is 1. The molecular formula is C22H20ClN3O8S2. The van der Waals surface area contributed by atoms with E-state index in [-0.39, 0.29) is 23.1 Å². The fourth-order valence-corrected chi connectivity index (χ4v) is 7.35. The third kappa shape index (κ3) is 4.51. The number of carbonyl (C=O) groups excluding carboxylic acids is 3. The lowest BCUT2D eigenvalue weighted by Gasteiger charge is -2.31. The molecule has 3 atom stereocenters. The van der Waals surface area contributed by atoms with Crippen molar-refractivity contribution in [2.24, 2.45) is 5.92 Å². The zero-order valence-corrected chi connectivity index (χ0v) is 21.0. The molecule has 3 aliphatic rings. The first-order valence-corrected chi connectivity index (χ1v) is 13.1. The van der Waals surface area contributed by atoms with Crippen molar-refractivity contribution in [3.8, 4) is 5.75 Å². The van der Waals surface area contributed by atoms with E-state index in [0.29, 0.717) is 46.8 Å². The molecule has 2 saturated heterocycles. The molecule has 0 spiro atoms. The summed E-state index contributed by atoms with van der Waals surface area (Å²) in [4.78, 5) is 67.9. The Morgan fingerprint density at radius 3 is 2.67 bits per heavy atom. The number of nitrogens with one attached hydrogen (secondary N) is 1. The first kappa shape index (κ1) is 24.8. The topological polar surface area (TPSA) is 146 Å². The van der Waals surface area contributed by atoms with Gasteiger partial charge in [-0.15, -0.1) is 0 Å². The maximum atomic E-state index is 13.4. The molecule has 3 amide bonds. The Hall–Kier alpha value is -2.87. The van der Waals surface area contributed by atoms with Crippen molar-refractivity contribution in [2.45, 2.75) is 16.2 Å². The number of aromatic nitrogens is 1. The number of carbonyl (C=O) groups is 4. The van der Waals surface area contributed by atoms with E-state index >= 15 is 0 Å². The number of fused-ring (bicyclic) bond motifs is 2. The van der Waals surface area contributed by atoms with Crippen molar-refractivity contribution < 1.29 is 33.8 Å².